The van der Waals surface area contributed by atoms with Gasteiger partial charge in [0.05, 0.1) is 25.4 Å². The molecule has 1 fully saturated rings. The first-order valence-corrected chi connectivity index (χ1v) is 25.5. The van der Waals surface area contributed by atoms with Gasteiger partial charge in [0.1, 0.15) is 24.4 Å². The molecule has 9 heteroatoms. The maximum atomic E-state index is 13.0. The number of carbonyl (C=O) groups excluding carboxylic acids is 1. The summed E-state index contributed by atoms with van der Waals surface area (Å²) in [7, 11) is 0. The van der Waals surface area contributed by atoms with Crippen molar-refractivity contribution in [3.8, 4) is 0 Å². The van der Waals surface area contributed by atoms with Crippen molar-refractivity contribution in [1.29, 1.82) is 0 Å². The van der Waals surface area contributed by atoms with Crippen LogP contribution in [0, 0.1) is 0 Å². The summed E-state index contributed by atoms with van der Waals surface area (Å²) in [4.78, 5) is 13.0. The van der Waals surface area contributed by atoms with Gasteiger partial charge >= 0.3 is 0 Å². The van der Waals surface area contributed by atoms with Gasteiger partial charge < -0.3 is 40.3 Å². The van der Waals surface area contributed by atoms with Gasteiger partial charge in [-0.2, -0.15) is 0 Å². The fraction of sp³-hybridized carbons (Fsp3) is 0.792. The third kappa shape index (κ3) is 32.5. The molecule has 1 rings (SSSR count). The molecule has 7 unspecified atom stereocenters. The smallest absolute Gasteiger partial charge is 0.220 e. The average molecular weight is 874 g/mol. The van der Waals surface area contributed by atoms with Crippen molar-refractivity contribution in [2.75, 3.05) is 13.2 Å². The van der Waals surface area contributed by atoms with E-state index in [1.54, 1.807) is 6.08 Å². The van der Waals surface area contributed by atoms with E-state index in [1.807, 2.05) is 6.08 Å². The molecule has 0 saturated carbocycles. The predicted octanol–water partition coefficient (Wildman–Crippen LogP) is 11.6. The van der Waals surface area contributed by atoms with E-state index < -0.39 is 49.5 Å². The second kappa shape index (κ2) is 42.8. The van der Waals surface area contributed by atoms with Crippen LogP contribution >= 0.6 is 0 Å². The number of aliphatic hydroxyl groups is 5. The molecule has 1 saturated heterocycles. The maximum absolute atomic E-state index is 13.0. The van der Waals surface area contributed by atoms with Gasteiger partial charge in [-0.25, -0.2) is 0 Å². The van der Waals surface area contributed by atoms with Crippen molar-refractivity contribution in [2.24, 2.45) is 0 Å². The number of allylic oxidation sites excluding steroid dienone is 9. The molecule has 1 aliphatic rings. The quantitative estimate of drug-likeness (QED) is 0.0262. The minimum Gasteiger partial charge on any atom is -0.394 e. The number of rotatable bonds is 42. The predicted molar refractivity (Wildman–Crippen MR) is 258 cm³/mol. The Balaban J connectivity index is 2.28. The molecule has 6 N–H and O–H groups in total. The Bertz CT molecular complexity index is 1150. The fourth-order valence-corrected chi connectivity index (χ4v) is 7.71. The molecule has 9 nitrogen and oxygen atoms in total. The highest BCUT2D eigenvalue weighted by atomic mass is 16.7. The highest BCUT2D eigenvalue weighted by Crippen LogP contribution is 2.22. The number of aliphatic hydroxyl groups excluding tert-OH is 5. The van der Waals surface area contributed by atoms with Gasteiger partial charge in [0.15, 0.2) is 6.29 Å². The zero-order chi connectivity index (χ0) is 45.1. The minimum absolute atomic E-state index is 0.193. The number of amides is 1. The maximum Gasteiger partial charge on any atom is 0.220 e. The summed E-state index contributed by atoms with van der Waals surface area (Å²) < 4.78 is 11.2. The third-order valence-corrected chi connectivity index (χ3v) is 11.8. The SMILES string of the molecule is CCCCCCC/C=C\C/C=C\C/C=C\CCCCCCCCCCCCC(=O)NC(COC1OC(CO)C(O)C(O)C1O)C(O)/C=C/CC/C=C/CCCCCCCCCC. The molecule has 7 atom stereocenters. The van der Waals surface area contributed by atoms with Crippen LogP contribution in [0.5, 0.6) is 0 Å². The molecule has 1 aliphatic heterocycles. The van der Waals surface area contributed by atoms with E-state index in [9.17, 15) is 30.3 Å². The van der Waals surface area contributed by atoms with Crippen LogP contribution in [0.4, 0.5) is 0 Å². The van der Waals surface area contributed by atoms with Gasteiger partial charge in [-0.15, -0.1) is 0 Å². The van der Waals surface area contributed by atoms with Crippen LogP contribution in [0.25, 0.3) is 0 Å². The van der Waals surface area contributed by atoms with E-state index in [-0.39, 0.29) is 12.5 Å². The van der Waals surface area contributed by atoms with Crippen molar-refractivity contribution >= 4 is 5.91 Å². The van der Waals surface area contributed by atoms with Crippen LogP contribution in [0.1, 0.15) is 213 Å². The molecule has 0 aromatic heterocycles. The summed E-state index contributed by atoms with van der Waals surface area (Å²) in [5, 5.41) is 54.3. The lowest BCUT2D eigenvalue weighted by atomic mass is 9.99. The van der Waals surface area contributed by atoms with Gasteiger partial charge in [0, 0.05) is 6.42 Å². The number of nitrogens with one attached hydrogen (secondary N) is 1. The van der Waals surface area contributed by atoms with Crippen LogP contribution in [-0.4, -0.2) is 87.5 Å². The molecule has 1 amide bonds. The lowest BCUT2D eigenvalue weighted by Gasteiger charge is -2.40. The topological polar surface area (TPSA) is 149 Å². The minimum atomic E-state index is -1.57. The normalized spacial score (nSPS) is 20.8. The van der Waals surface area contributed by atoms with Crippen molar-refractivity contribution in [2.45, 2.75) is 256 Å². The van der Waals surface area contributed by atoms with Gasteiger partial charge in [0.2, 0.25) is 5.91 Å². The van der Waals surface area contributed by atoms with Gasteiger partial charge in [-0.1, -0.05) is 197 Å². The molecule has 62 heavy (non-hydrogen) atoms. The number of hydrogen-bond donors (Lipinski definition) is 6. The van der Waals surface area contributed by atoms with E-state index >= 15 is 0 Å². The number of unbranched alkanes of at least 4 members (excludes halogenated alkanes) is 24. The molecule has 0 aromatic rings. The Morgan fingerprint density at radius 2 is 0.968 bits per heavy atom. The fourth-order valence-electron chi connectivity index (χ4n) is 7.71. The summed E-state index contributed by atoms with van der Waals surface area (Å²) in [6.07, 6.45) is 49.8. The summed E-state index contributed by atoms with van der Waals surface area (Å²) >= 11 is 0. The van der Waals surface area contributed by atoms with Crippen molar-refractivity contribution in [1.82, 2.24) is 5.32 Å². The van der Waals surface area contributed by atoms with Gasteiger partial charge in [0.25, 0.3) is 0 Å². The first-order chi connectivity index (χ1) is 30.3. The highest BCUT2D eigenvalue weighted by molar-refractivity contribution is 5.76. The Morgan fingerprint density at radius 1 is 0.548 bits per heavy atom. The van der Waals surface area contributed by atoms with E-state index in [0.717, 1.165) is 51.4 Å². The van der Waals surface area contributed by atoms with Crippen LogP contribution in [0.15, 0.2) is 60.8 Å². The highest BCUT2D eigenvalue weighted by Gasteiger charge is 2.44. The Hall–Kier alpha value is -2.11. The van der Waals surface area contributed by atoms with Gasteiger partial charge in [-0.3, -0.25) is 4.79 Å². The molecule has 360 valence electrons. The number of carbonyl (C=O) groups is 1. The van der Waals surface area contributed by atoms with E-state index in [1.165, 1.54) is 141 Å². The lowest BCUT2D eigenvalue weighted by Crippen LogP contribution is -2.60. The Morgan fingerprint density at radius 3 is 1.47 bits per heavy atom. The van der Waals surface area contributed by atoms with Crippen LogP contribution < -0.4 is 5.32 Å². The van der Waals surface area contributed by atoms with Crippen molar-refractivity contribution in [3.63, 3.8) is 0 Å². The Labute approximate surface area is 379 Å². The second-order valence-electron chi connectivity index (χ2n) is 17.6. The largest absolute Gasteiger partial charge is 0.394 e. The summed E-state index contributed by atoms with van der Waals surface area (Å²) in [5.41, 5.74) is 0. The zero-order valence-corrected chi connectivity index (χ0v) is 39.6. The van der Waals surface area contributed by atoms with Gasteiger partial charge in [-0.05, 0) is 70.6 Å². The molecular weight excluding hydrogens is 779 g/mol. The standard InChI is InChI=1S/C53H95NO8/c1-3-5-7-9-11-13-15-17-19-20-21-22-23-24-25-26-27-28-29-31-33-35-37-39-41-43-49(57)54-46(45-61-53-52(60)51(59)50(58)48(44-55)62-53)47(56)42-40-38-36-34-32-30-18-16-14-12-10-8-6-4-2/h15,17,20-21,23-24,32,34,40,42,46-48,50-53,55-56,58-60H,3-14,16,18-19,22,25-31,33,35-39,41,43-45H2,1-2H3,(H,54,57)/b17-15-,21-20-,24-23-,34-32+,42-40+. The molecule has 0 bridgehead atoms. The summed E-state index contributed by atoms with van der Waals surface area (Å²) in [6, 6.07) is -0.825. The molecule has 0 spiro atoms. The molecule has 1 heterocycles. The van der Waals surface area contributed by atoms with Crippen molar-refractivity contribution < 1.29 is 39.8 Å². The zero-order valence-electron chi connectivity index (χ0n) is 39.6. The van der Waals surface area contributed by atoms with E-state index in [4.69, 9.17) is 9.47 Å². The molecule has 0 radical (unpaired) electrons. The lowest BCUT2D eigenvalue weighted by molar-refractivity contribution is -0.302. The second-order valence-corrected chi connectivity index (χ2v) is 17.6. The third-order valence-electron chi connectivity index (χ3n) is 11.8. The average Bonchev–Trinajstić information content (AvgIpc) is 3.27. The van der Waals surface area contributed by atoms with Crippen LogP contribution in [-0.2, 0) is 14.3 Å². The molecule has 0 aromatic carbocycles. The first-order valence-electron chi connectivity index (χ1n) is 25.5. The molecular formula is C53H95NO8. The van der Waals surface area contributed by atoms with E-state index in [0.29, 0.717) is 6.42 Å². The van der Waals surface area contributed by atoms with Crippen LogP contribution in [0.2, 0.25) is 0 Å². The Kier molecular flexibility index (Phi) is 40.0. The monoisotopic (exact) mass is 874 g/mol. The molecule has 0 aliphatic carbocycles. The number of ether oxygens (including phenoxy) is 2. The number of hydrogen-bond acceptors (Lipinski definition) is 8. The first kappa shape index (κ1) is 57.9. The van der Waals surface area contributed by atoms with E-state index in [2.05, 4.69) is 67.8 Å². The van der Waals surface area contributed by atoms with Crippen LogP contribution in [0.3, 0.4) is 0 Å². The summed E-state index contributed by atoms with van der Waals surface area (Å²) in [5.74, 6) is -0.193. The summed E-state index contributed by atoms with van der Waals surface area (Å²) in [6.45, 7) is 3.73. The van der Waals surface area contributed by atoms with Crippen molar-refractivity contribution in [3.05, 3.63) is 60.8 Å².